The number of carbonyl (C=O) groups excluding carboxylic acids is 2. The van der Waals surface area contributed by atoms with E-state index in [1.54, 1.807) is 17.2 Å². The van der Waals surface area contributed by atoms with Gasteiger partial charge in [-0.05, 0) is 23.8 Å². The van der Waals surface area contributed by atoms with E-state index >= 15 is 0 Å². The summed E-state index contributed by atoms with van der Waals surface area (Å²) in [4.78, 5) is 31.1. The number of benzene rings is 2. The number of hydrogen-bond acceptors (Lipinski definition) is 3. The van der Waals surface area contributed by atoms with Gasteiger partial charge in [0, 0.05) is 36.1 Å². The molecular formula is C21H18ClN3O2. The van der Waals surface area contributed by atoms with E-state index < -0.39 is 0 Å². The smallest absolute Gasteiger partial charge is 0.229 e. The Morgan fingerprint density at radius 3 is 2.81 bits per heavy atom. The molecule has 2 aromatic carbocycles. The summed E-state index contributed by atoms with van der Waals surface area (Å²) < 4.78 is 0. The monoisotopic (exact) mass is 379 g/mol. The Balaban J connectivity index is 1.47. The van der Waals surface area contributed by atoms with Crippen LogP contribution in [0.25, 0.3) is 10.9 Å². The topological polar surface area (TPSA) is 62.3 Å². The highest BCUT2D eigenvalue weighted by atomic mass is 35.5. The molecule has 1 aromatic heterocycles. The summed E-state index contributed by atoms with van der Waals surface area (Å²) >= 11 is 6.19. The first kappa shape index (κ1) is 17.5. The summed E-state index contributed by atoms with van der Waals surface area (Å²) in [5.74, 6) is -0.590. The van der Waals surface area contributed by atoms with Gasteiger partial charge in [-0.15, -0.1) is 0 Å². The van der Waals surface area contributed by atoms with Crippen molar-refractivity contribution in [2.24, 2.45) is 5.92 Å². The predicted octanol–water partition coefficient (Wildman–Crippen LogP) is 3.88. The first-order valence-electron chi connectivity index (χ1n) is 8.77. The van der Waals surface area contributed by atoms with Gasteiger partial charge in [0.2, 0.25) is 11.8 Å². The van der Waals surface area contributed by atoms with Gasteiger partial charge in [0.1, 0.15) is 0 Å². The van der Waals surface area contributed by atoms with Crippen LogP contribution in [-0.2, 0) is 16.1 Å². The fourth-order valence-corrected chi connectivity index (χ4v) is 3.57. The Morgan fingerprint density at radius 1 is 1.15 bits per heavy atom. The van der Waals surface area contributed by atoms with E-state index in [1.165, 1.54) is 0 Å². The maximum atomic E-state index is 12.7. The molecule has 5 nitrogen and oxygen atoms in total. The molecule has 4 rings (SSSR count). The number of nitrogens with zero attached hydrogens (tertiary/aromatic N) is 2. The summed E-state index contributed by atoms with van der Waals surface area (Å²) in [5.41, 5.74) is 2.28. The van der Waals surface area contributed by atoms with Crippen molar-refractivity contribution in [1.82, 2.24) is 9.88 Å². The van der Waals surface area contributed by atoms with Crippen LogP contribution < -0.4 is 5.32 Å². The summed E-state index contributed by atoms with van der Waals surface area (Å²) in [5, 5.41) is 4.52. The van der Waals surface area contributed by atoms with Gasteiger partial charge in [0.05, 0.1) is 17.1 Å². The van der Waals surface area contributed by atoms with E-state index in [0.29, 0.717) is 23.8 Å². The van der Waals surface area contributed by atoms with Crippen molar-refractivity contribution in [3.05, 3.63) is 71.4 Å². The second-order valence-electron chi connectivity index (χ2n) is 6.64. The molecule has 0 radical (unpaired) electrons. The number of rotatable bonds is 4. The Kier molecular flexibility index (Phi) is 4.77. The SMILES string of the molecule is O=C(Nc1cccc2cccnc12)[C@H]1CC(=O)N(Cc2ccccc2Cl)C1. The molecule has 136 valence electrons. The molecule has 6 heteroatoms. The minimum Gasteiger partial charge on any atom is -0.337 e. The molecule has 0 spiro atoms. The standard InChI is InChI=1S/C21H18ClN3O2/c22-17-8-2-1-5-15(17)12-25-13-16(11-19(25)26)21(27)24-18-9-3-6-14-7-4-10-23-20(14)18/h1-10,16H,11-13H2,(H,24,27)/t16-/m0/s1. The van der Waals surface area contributed by atoms with Crippen molar-refractivity contribution in [1.29, 1.82) is 0 Å². The molecule has 0 bridgehead atoms. The molecule has 1 saturated heterocycles. The summed E-state index contributed by atoms with van der Waals surface area (Å²) in [6, 6.07) is 16.9. The molecular weight excluding hydrogens is 362 g/mol. The molecule has 2 amide bonds. The fourth-order valence-electron chi connectivity index (χ4n) is 3.37. The minimum absolute atomic E-state index is 0.0360. The molecule has 1 fully saturated rings. The van der Waals surface area contributed by atoms with Gasteiger partial charge in [-0.3, -0.25) is 14.6 Å². The van der Waals surface area contributed by atoms with Crippen molar-refractivity contribution < 1.29 is 9.59 Å². The van der Waals surface area contributed by atoms with E-state index in [2.05, 4.69) is 10.3 Å². The van der Waals surface area contributed by atoms with Crippen LogP contribution >= 0.6 is 11.6 Å². The fraction of sp³-hybridized carbons (Fsp3) is 0.190. The van der Waals surface area contributed by atoms with E-state index in [-0.39, 0.29) is 24.2 Å². The van der Waals surface area contributed by atoms with E-state index in [0.717, 1.165) is 16.5 Å². The van der Waals surface area contributed by atoms with Gasteiger partial charge in [-0.2, -0.15) is 0 Å². The van der Waals surface area contributed by atoms with Crippen LogP contribution in [0.3, 0.4) is 0 Å². The molecule has 0 aliphatic carbocycles. The Morgan fingerprint density at radius 2 is 1.96 bits per heavy atom. The molecule has 1 aliphatic rings. The predicted molar refractivity (Wildman–Crippen MR) is 105 cm³/mol. The number of carbonyl (C=O) groups is 2. The lowest BCUT2D eigenvalue weighted by Crippen LogP contribution is -2.28. The molecule has 0 unspecified atom stereocenters. The highest BCUT2D eigenvalue weighted by Crippen LogP contribution is 2.26. The number of anilines is 1. The van der Waals surface area contributed by atoms with Crippen LogP contribution in [0, 0.1) is 5.92 Å². The average molecular weight is 380 g/mol. The summed E-state index contributed by atoms with van der Waals surface area (Å²) in [7, 11) is 0. The highest BCUT2D eigenvalue weighted by Gasteiger charge is 2.34. The number of amides is 2. The number of likely N-dealkylation sites (tertiary alicyclic amines) is 1. The van der Waals surface area contributed by atoms with Gasteiger partial charge in [0.25, 0.3) is 0 Å². The van der Waals surface area contributed by atoms with E-state index in [1.807, 2.05) is 48.5 Å². The molecule has 2 heterocycles. The van der Waals surface area contributed by atoms with E-state index in [4.69, 9.17) is 11.6 Å². The third-order valence-electron chi connectivity index (χ3n) is 4.79. The van der Waals surface area contributed by atoms with Crippen LogP contribution in [0.1, 0.15) is 12.0 Å². The van der Waals surface area contributed by atoms with Gasteiger partial charge in [-0.25, -0.2) is 0 Å². The molecule has 1 aliphatic heterocycles. The molecule has 1 N–H and O–H groups in total. The zero-order valence-electron chi connectivity index (χ0n) is 14.6. The van der Waals surface area contributed by atoms with Crippen molar-refractivity contribution >= 4 is 40.0 Å². The van der Waals surface area contributed by atoms with Gasteiger partial charge in [-0.1, -0.05) is 48.0 Å². The first-order chi connectivity index (χ1) is 13.1. The number of halogens is 1. The molecule has 27 heavy (non-hydrogen) atoms. The van der Waals surface area contributed by atoms with Gasteiger partial charge >= 0.3 is 0 Å². The maximum Gasteiger partial charge on any atom is 0.229 e. The minimum atomic E-state index is -0.390. The Labute approximate surface area is 162 Å². The van der Waals surface area contributed by atoms with Crippen LogP contribution in [0.4, 0.5) is 5.69 Å². The molecule has 1 atom stereocenters. The number of fused-ring (bicyclic) bond motifs is 1. The quantitative estimate of drug-likeness (QED) is 0.748. The zero-order chi connectivity index (χ0) is 18.8. The average Bonchev–Trinajstić information content (AvgIpc) is 3.05. The molecule has 0 saturated carbocycles. The second kappa shape index (κ2) is 7.37. The van der Waals surface area contributed by atoms with Crippen LogP contribution in [0.5, 0.6) is 0 Å². The van der Waals surface area contributed by atoms with Crippen molar-refractivity contribution in [2.45, 2.75) is 13.0 Å². The first-order valence-corrected chi connectivity index (χ1v) is 9.15. The number of pyridine rings is 1. The van der Waals surface area contributed by atoms with Crippen LogP contribution in [-0.4, -0.2) is 28.2 Å². The largest absolute Gasteiger partial charge is 0.337 e. The van der Waals surface area contributed by atoms with Crippen molar-refractivity contribution in [3.8, 4) is 0 Å². The normalized spacial score (nSPS) is 16.7. The van der Waals surface area contributed by atoms with Gasteiger partial charge in [0.15, 0.2) is 0 Å². The third-order valence-corrected chi connectivity index (χ3v) is 5.16. The third kappa shape index (κ3) is 3.64. The lowest BCUT2D eigenvalue weighted by molar-refractivity contribution is -0.128. The van der Waals surface area contributed by atoms with E-state index in [9.17, 15) is 9.59 Å². The lowest BCUT2D eigenvalue weighted by atomic mass is 10.1. The van der Waals surface area contributed by atoms with Crippen molar-refractivity contribution in [2.75, 3.05) is 11.9 Å². The number of para-hydroxylation sites is 1. The summed E-state index contributed by atoms with van der Waals surface area (Å²) in [6.07, 6.45) is 1.90. The highest BCUT2D eigenvalue weighted by molar-refractivity contribution is 6.31. The Hall–Kier alpha value is -2.92. The number of hydrogen-bond donors (Lipinski definition) is 1. The zero-order valence-corrected chi connectivity index (χ0v) is 15.3. The van der Waals surface area contributed by atoms with Crippen LogP contribution in [0.15, 0.2) is 60.8 Å². The molecule has 3 aromatic rings. The maximum absolute atomic E-state index is 12.7. The van der Waals surface area contributed by atoms with Crippen molar-refractivity contribution in [3.63, 3.8) is 0 Å². The Bertz CT molecular complexity index is 1020. The summed E-state index contributed by atoms with van der Waals surface area (Å²) in [6.45, 7) is 0.798. The second-order valence-corrected chi connectivity index (χ2v) is 7.04. The lowest BCUT2D eigenvalue weighted by Gasteiger charge is -2.17. The van der Waals surface area contributed by atoms with Gasteiger partial charge < -0.3 is 10.2 Å². The van der Waals surface area contributed by atoms with Crippen LogP contribution in [0.2, 0.25) is 5.02 Å². The number of aromatic nitrogens is 1. The number of nitrogens with one attached hydrogen (secondary N) is 1.